The van der Waals surface area contributed by atoms with Gasteiger partial charge in [-0.2, -0.15) is 0 Å². The number of amides is 1. The van der Waals surface area contributed by atoms with Gasteiger partial charge >= 0.3 is 0 Å². The minimum absolute atomic E-state index is 0.0976. The van der Waals surface area contributed by atoms with E-state index in [0.717, 1.165) is 12.1 Å². The fourth-order valence-electron chi connectivity index (χ4n) is 2.79. The molecule has 0 saturated carbocycles. The number of hydrogen-bond donors (Lipinski definition) is 1. The van der Waals surface area contributed by atoms with Gasteiger partial charge in [-0.1, -0.05) is 42.1 Å². The Kier molecular flexibility index (Phi) is 7.98. The summed E-state index contributed by atoms with van der Waals surface area (Å²) >= 11 is 1.26. The molecule has 1 aromatic heterocycles. The molecule has 8 heteroatoms. The Hall–Kier alpha value is -2.71. The average molecular weight is 429 g/mol. The fourth-order valence-corrected chi connectivity index (χ4v) is 3.57. The lowest BCUT2D eigenvalue weighted by atomic mass is 10.2. The largest absolute Gasteiger partial charge is 0.379 e. The molecule has 3 rings (SSSR count). The number of hydrogen-bond acceptors (Lipinski definition) is 5. The number of benzene rings is 2. The second kappa shape index (κ2) is 10.9. The van der Waals surface area contributed by atoms with E-state index in [2.05, 4.69) is 15.5 Å². The molecule has 0 saturated heterocycles. The smallest absolute Gasteiger partial charge is 0.230 e. The molecule has 0 aliphatic carbocycles. The number of halogens is 1. The number of aromatic nitrogens is 3. The predicted octanol–water partition coefficient (Wildman–Crippen LogP) is 4.10. The van der Waals surface area contributed by atoms with Crippen LogP contribution in [0.15, 0.2) is 59.8 Å². The number of para-hydroxylation sites is 1. The van der Waals surface area contributed by atoms with E-state index in [0.29, 0.717) is 29.7 Å². The first-order valence-electron chi connectivity index (χ1n) is 9.83. The summed E-state index contributed by atoms with van der Waals surface area (Å²) in [5.41, 5.74) is 1.16. The molecule has 158 valence electrons. The van der Waals surface area contributed by atoms with E-state index in [4.69, 9.17) is 4.74 Å². The van der Waals surface area contributed by atoms with Crippen molar-refractivity contribution in [3.05, 3.63) is 60.4 Å². The molecule has 0 atom stereocenters. The van der Waals surface area contributed by atoms with Crippen molar-refractivity contribution in [3.8, 4) is 17.1 Å². The van der Waals surface area contributed by atoms with Crippen LogP contribution in [-0.4, -0.2) is 45.7 Å². The number of carbonyl (C=O) groups is 1. The van der Waals surface area contributed by atoms with Gasteiger partial charge < -0.3 is 10.1 Å². The topological polar surface area (TPSA) is 69.0 Å². The highest BCUT2D eigenvalue weighted by atomic mass is 32.2. The van der Waals surface area contributed by atoms with Crippen LogP contribution in [0.4, 0.5) is 4.39 Å². The summed E-state index contributed by atoms with van der Waals surface area (Å²) in [4.78, 5) is 12.2. The molecule has 0 fully saturated rings. The van der Waals surface area contributed by atoms with Crippen molar-refractivity contribution >= 4 is 17.7 Å². The van der Waals surface area contributed by atoms with Crippen molar-refractivity contribution in [2.24, 2.45) is 0 Å². The van der Waals surface area contributed by atoms with Gasteiger partial charge in [0.2, 0.25) is 5.91 Å². The van der Waals surface area contributed by atoms with Crippen molar-refractivity contribution in [2.75, 3.05) is 18.9 Å². The summed E-state index contributed by atoms with van der Waals surface area (Å²) < 4.78 is 21.6. The lowest BCUT2D eigenvalue weighted by Crippen LogP contribution is -2.27. The highest BCUT2D eigenvalue weighted by molar-refractivity contribution is 7.99. The Morgan fingerprint density at radius 1 is 1.13 bits per heavy atom. The summed E-state index contributed by atoms with van der Waals surface area (Å²) in [7, 11) is 0. The van der Waals surface area contributed by atoms with Gasteiger partial charge in [0, 0.05) is 18.8 Å². The first-order chi connectivity index (χ1) is 14.6. The summed E-state index contributed by atoms with van der Waals surface area (Å²) in [6.07, 6.45) is 0.941. The molecule has 0 radical (unpaired) electrons. The molecule has 0 bridgehead atoms. The Morgan fingerprint density at radius 3 is 2.60 bits per heavy atom. The zero-order valence-electron chi connectivity index (χ0n) is 17.0. The summed E-state index contributed by atoms with van der Waals surface area (Å²) in [6, 6.07) is 15.9. The normalized spacial score (nSPS) is 11.1. The van der Waals surface area contributed by atoms with Crippen molar-refractivity contribution in [3.63, 3.8) is 0 Å². The maximum Gasteiger partial charge on any atom is 0.230 e. The number of rotatable bonds is 10. The van der Waals surface area contributed by atoms with Crippen LogP contribution in [0.3, 0.4) is 0 Å². The van der Waals surface area contributed by atoms with Crippen molar-refractivity contribution in [1.82, 2.24) is 20.1 Å². The maximum atomic E-state index is 14.4. The molecule has 30 heavy (non-hydrogen) atoms. The Morgan fingerprint density at radius 2 is 1.87 bits per heavy atom. The van der Waals surface area contributed by atoms with Crippen LogP contribution in [0.25, 0.3) is 17.1 Å². The monoisotopic (exact) mass is 428 g/mol. The standard InChI is InChI=1S/C22H25FN4O2S/c1-16(2)29-14-8-13-24-20(28)15-30-22-26-25-21(18-11-6-7-12-19(18)23)27(22)17-9-4-3-5-10-17/h3-7,9-12,16H,8,13-15H2,1-2H3,(H,24,28). The van der Waals surface area contributed by atoms with Crippen LogP contribution in [0.1, 0.15) is 20.3 Å². The number of thioether (sulfide) groups is 1. The summed E-state index contributed by atoms with van der Waals surface area (Å²) in [6.45, 7) is 5.12. The zero-order valence-corrected chi connectivity index (χ0v) is 17.9. The van der Waals surface area contributed by atoms with Crippen LogP contribution in [-0.2, 0) is 9.53 Å². The molecule has 0 aliphatic rings. The van der Waals surface area contributed by atoms with E-state index in [1.165, 1.54) is 17.8 Å². The van der Waals surface area contributed by atoms with Crippen molar-refractivity contribution in [2.45, 2.75) is 31.5 Å². The van der Waals surface area contributed by atoms with E-state index < -0.39 is 0 Å². The zero-order chi connectivity index (χ0) is 21.3. The van der Waals surface area contributed by atoms with E-state index >= 15 is 0 Å². The van der Waals surface area contributed by atoms with E-state index in [9.17, 15) is 9.18 Å². The van der Waals surface area contributed by atoms with Gasteiger partial charge in [-0.05, 0) is 44.5 Å². The number of ether oxygens (including phenoxy) is 1. The SMILES string of the molecule is CC(C)OCCCNC(=O)CSc1nnc(-c2ccccc2F)n1-c1ccccc1. The van der Waals surface area contributed by atoms with Gasteiger partial charge in [0.25, 0.3) is 0 Å². The molecular weight excluding hydrogens is 403 g/mol. The van der Waals surface area contributed by atoms with Crippen LogP contribution in [0.2, 0.25) is 0 Å². The van der Waals surface area contributed by atoms with Crippen LogP contribution in [0, 0.1) is 5.82 Å². The van der Waals surface area contributed by atoms with Gasteiger partial charge in [0.05, 0.1) is 17.4 Å². The Bertz CT molecular complexity index is 963. The van der Waals surface area contributed by atoms with Crippen molar-refractivity contribution < 1.29 is 13.9 Å². The first kappa shape index (κ1) is 22.0. The van der Waals surface area contributed by atoms with Crippen molar-refractivity contribution in [1.29, 1.82) is 0 Å². The Balaban J connectivity index is 1.71. The number of nitrogens with zero attached hydrogens (tertiary/aromatic N) is 3. The average Bonchev–Trinajstić information content (AvgIpc) is 3.16. The number of nitrogens with one attached hydrogen (secondary N) is 1. The van der Waals surface area contributed by atoms with E-state index in [-0.39, 0.29) is 23.6 Å². The van der Waals surface area contributed by atoms with Gasteiger partial charge in [-0.3, -0.25) is 9.36 Å². The lowest BCUT2D eigenvalue weighted by Gasteiger charge is -2.11. The molecule has 3 aromatic rings. The minimum atomic E-state index is -0.375. The lowest BCUT2D eigenvalue weighted by molar-refractivity contribution is -0.118. The molecule has 1 heterocycles. The third-order valence-corrected chi connectivity index (χ3v) is 5.12. The third kappa shape index (κ3) is 5.90. The first-order valence-corrected chi connectivity index (χ1v) is 10.8. The highest BCUT2D eigenvalue weighted by Crippen LogP contribution is 2.29. The molecule has 0 aliphatic heterocycles. The van der Waals surface area contributed by atoms with Crippen LogP contribution >= 0.6 is 11.8 Å². The minimum Gasteiger partial charge on any atom is -0.379 e. The molecular formula is C22H25FN4O2S. The molecule has 1 N–H and O–H groups in total. The van der Waals surface area contributed by atoms with Gasteiger partial charge in [0.15, 0.2) is 11.0 Å². The maximum absolute atomic E-state index is 14.4. The molecule has 2 aromatic carbocycles. The van der Waals surface area contributed by atoms with E-state index in [1.807, 2.05) is 44.2 Å². The molecule has 1 amide bonds. The van der Waals surface area contributed by atoms with Gasteiger partial charge in [-0.15, -0.1) is 10.2 Å². The second-order valence-electron chi connectivity index (χ2n) is 6.87. The van der Waals surface area contributed by atoms with Crippen LogP contribution in [0.5, 0.6) is 0 Å². The van der Waals surface area contributed by atoms with Gasteiger partial charge in [-0.25, -0.2) is 4.39 Å². The fraction of sp³-hybridized carbons (Fsp3) is 0.318. The van der Waals surface area contributed by atoms with Gasteiger partial charge in [0.1, 0.15) is 5.82 Å². The predicted molar refractivity (Wildman–Crippen MR) is 116 cm³/mol. The summed E-state index contributed by atoms with van der Waals surface area (Å²) in [5.74, 6) is 0.112. The molecule has 6 nitrogen and oxygen atoms in total. The third-order valence-electron chi connectivity index (χ3n) is 4.19. The summed E-state index contributed by atoms with van der Waals surface area (Å²) in [5, 5.41) is 11.8. The number of carbonyl (C=O) groups excluding carboxylic acids is 1. The molecule has 0 spiro atoms. The Labute approximate surface area is 179 Å². The second-order valence-corrected chi connectivity index (χ2v) is 7.81. The van der Waals surface area contributed by atoms with E-state index in [1.54, 1.807) is 22.8 Å². The quantitative estimate of drug-likeness (QED) is 0.389. The highest BCUT2D eigenvalue weighted by Gasteiger charge is 2.19. The molecule has 0 unspecified atom stereocenters. The van der Waals surface area contributed by atoms with Crippen LogP contribution < -0.4 is 5.32 Å².